The quantitative estimate of drug-likeness (QED) is 0.461. The third-order valence-electron chi connectivity index (χ3n) is 2.47. The maximum absolute atomic E-state index is 11.4. The SMILES string of the molecule is Cc1cc(=O)oc2c(OP(=O)(O)O)c(OP(=O)(O)O)ccc12. The first kappa shape index (κ1) is 16.7. The lowest BCUT2D eigenvalue weighted by atomic mass is 10.1. The van der Waals surface area contributed by atoms with Gasteiger partial charge in [-0.2, -0.15) is 0 Å². The van der Waals surface area contributed by atoms with Crippen LogP contribution < -0.4 is 14.7 Å². The third kappa shape index (κ3) is 3.95. The molecule has 0 aliphatic heterocycles. The predicted octanol–water partition coefficient (Wildman–Crippen LogP) is 1.04. The van der Waals surface area contributed by atoms with Gasteiger partial charge in [-0.05, 0) is 24.6 Å². The van der Waals surface area contributed by atoms with Gasteiger partial charge in [-0.25, -0.2) is 13.9 Å². The molecule has 0 fully saturated rings. The minimum Gasteiger partial charge on any atom is -0.419 e. The van der Waals surface area contributed by atoms with E-state index >= 15 is 0 Å². The number of hydrogen-bond donors (Lipinski definition) is 4. The van der Waals surface area contributed by atoms with Gasteiger partial charge in [0.1, 0.15) is 0 Å². The number of phosphoric ester groups is 2. The van der Waals surface area contributed by atoms with Crippen molar-refractivity contribution in [1.82, 2.24) is 0 Å². The van der Waals surface area contributed by atoms with Gasteiger partial charge in [0.25, 0.3) is 0 Å². The van der Waals surface area contributed by atoms with E-state index in [1.165, 1.54) is 13.0 Å². The predicted molar refractivity (Wildman–Crippen MR) is 72.6 cm³/mol. The molecule has 22 heavy (non-hydrogen) atoms. The molecule has 0 aliphatic carbocycles. The van der Waals surface area contributed by atoms with Crippen LogP contribution in [0.3, 0.4) is 0 Å². The summed E-state index contributed by atoms with van der Waals surface area (Å²) >= 11 is 0. The van der Waals surface area contributed by atoms with Crippen LogP contribution in [0.15, 0.2) is 27.4 Å². The average molecular weight is 352 g/mol. The molecule has 0 spiro atoms. The van der Waals surface area contributed by atoms with Gasteiger partial charge in [-0.15, -0.1) is 0 Å². The van der Waals surface area contributed by atoms with Gasteiger partial charge in [0, 0.05) is 11.5 Å². The zero-order valence-corrected chi connectivity index (χ0v) is 12.7. The maximum Gasteiger partial charge on any atom is 0.525 e. The molecular weight excluding hydrogens is 342 g/mol. The van der Waals surface area contributed by atoms with Crippen LogP contribution in [0.5, 0.6) is 11.5 Å². The Hall–Kier alpha value is -1.67. The summed E-state index contributed by atoms with van der Waals surface area (Å²) in [5.41, 5.74) is -0.835. The van der Waals surface area contributed by atoms with Crippen molar-refractivity contribution in [3.8, 4) is 11.5 Å². The molecule has 0 atom stereocenters. The van der Waals surface area contributed by atoms with Crippen molar-refractivity contribution in [2.45, 2.75) is 6.92 Å². The minimum absolute atomic E-state index is 0.251. The number of phosphoric acid groups is 2. The topological polar surface area (TPSA) is 164 Å². The molecule has 1 aromatic carbocycles. The zero-order chi connectivity index (χ0) is 16.7. The van der Waals surface area contributed by atoms with E-state index in [0.29, 0.717) is 5.56 Å². The molecule has 10 nitrogen and oxygen atoms in total. The zero-order valence-electron chi connectivity index (χ0n) is 10.9. The van der Waals surface area contributed by atoms with Crippen LogP contribution in [-0.4, -0.2) is 19.6 Å². The van der Waals surface area contributed by atoms with Crippen molar-refractivity contribution in [3.05, 3.63) is 34.2 Å². The Balaban J connectivity index is 2.80. The lowest BCUT2D eigenvalue weighted by molar-refractivity contribution is 0.263. The summed E-state index contributed by atoms with van der Waals surface area (Å²) in [6.45, 7) is 1.53. The molecule has 12 heteroatoms. The van der Waals surface area contributed by atoms with Crippen molar-refractivity contribution < 1.29 is 42.2 Å². The monoisotopic (exact) mass is 352 g/mol. The molecule has 0 saturated carbocycles. The number of benzene rings is 1. The Morgan fingerprint density at radius 2 is 1.64 bits per heavy atom. The lowest BCUT2D eigenvalue weighted by Crippen LogP contribution is -2.02. The summed E-state index contributed by atoms with van der Waals surface area (Å²) in [7, 11) is -10.1. The van der Waals surface area contributed by atoms with Gasteiger partial charge in [-0.1, -0.05) is 0 Å². The van der Waals surface area contributed by atoms with E-state index < -0.39 is 38.4 Å². The fraction of sp³-hybridized carbons (Fsp3) is 0.100. The Labute approximate surface area is 122 Å². The lowest BCUT2D eigenvalue weighted by Gasteiger charge is -2.15. The fourth-order valence-corrected chi connectivity index (χ4v) is 2.56. The number of hydrogen-bond acceptors (Lipinski definition) is 6. The molecule has 0 aliphatic rings. The summed E-state index contributed by atoms with van der Waals surface area (Å²) in [6.07, 6.45) is 0. The fourth-order valence-electron chi connectivity index (χ4n) is 1.75. The summed E-state index contributed by atoms with van der Waals surface area (Å²) in [4.78, 5) is 46.9. The molecule has 2 aromatic rings. The van der Waals surface area contributed by atoms with Crippen LogP contribution >= 0.6 is 15.6 Å². The van der Waals surface area contributed by atoms with Crippen molar-refractivity contribution >= 4 is 26.6 Å². The van der Waals surface area contributed by atoms with Gasteiger partial charge in [-0.3, -0.25) is 19.6 Å². The van der Waals surface area contributed by atoms with Crippen LogP contribution in [0.25, 0.3) is 11.0 Å². The second-order valence-electron chi connectivity index (χ2n) is 4.18. The van der Waals surface area contributed by atoms with Gasteiger partial charge >= 0.3 is 21.3 Å². The van der Waals surface area contributed by atoms with Gasteiger partial charge < -0.3 is 13.5 Å². The standard InChI is InChI=1S/C10H10O10P2/c1-5-4-8(11)18-9-6(5)2-3-7(19-21(12,13)14)10(9)20-22(15,16)17/h2-4H,1H3,(H2,12,13,14)(H2,15,16,17). The molecule has 2 rings (SSSR count). The molecule has 4 N–H and O–H groups in total. The van der Waals surface area contributed by atoms with E-state index in [4.69, 9.17) is 24.0 Å². The van der Waals surface area contributed by atoms with Gasteiger partial charge in [0.05, 0.1) is 0 Å². The molecule has 1 aromatic heterocycles. The molecule has 0 bridgehead atoms. The molecule has 0 saturated heterocycles. The van der Waals surface area contributed by atoms with Crippen molar-refractivity contribution in [2.75, 3.05) is 0 Å². The third-order valence-corrected chi connectivity index (χ3v) is 3.32. The van der Waals surface area contributed by atoms with Crippen molar-refractivity contribution in [2.24, 2.45) is 0 Å². The van der Waals surface area contributed by atoms with E-state index in [1.54, 1.807) is 0 Å². The van der Waals surface area contributed by atoms with E-state index in [0.717, 1.165) is 12.1 Å². The summed E-state index contributed by atoms with van der Waals surface area (Å²) < 4.78 is 35.4. The summed E-state index contributed by atoms with van der Waals surface area (Å²) in [5.74, 6) is -1.46. The number of aryl methyl sites for hydroxylation is 1. The largest absolute Gasteiger partial charge is 0.525 e. The van der Waals surface area contributed by atoms with Crippen LogP contribution in [0.1, 0.15) is 5.56 Å². The van der Waals surface area contributed by atoms with E-state index in [-0.39, 0.29) is 5.39 Å². The van der Waals surface area contributed by atoms with Crippen LogP contribution in [0.2, 0.25) is 0 Å². The molecule has 1 heterocycles. The highest BCUT2D eigenvalue weighted by Gasteiger charge is 2.27. The van der Waals surface area contributed by atoms with E-state index in [9.17, 15) is 13.9 Å². The second-order valence-corrected chi connectivity index (χ2v) is 6.51. The second kappa shape index (κ2) is 5.51. The Morgan fingerprint density at radius 3 is 2.18 bits per heavy atom. The average Bonchev–Trinajstić information content (AvgIpc) is 2.29. The maximum atomic E-state index is 11.4. The van der Waals surface area contributed by atoms with Crippen molar-refractivity contribution in [3.63, 3.8) is 0 Å². The van der Waals surface area contributed by atoms with Crippen LogP contribution in [0.4, 0.5) is 0 Å². The Kier molecular flexibility index (Phi) is 4.18. The summed E-state index contributed by atoms with van der Waals surface area (Å²) in [6, 6.07) is 3.46. The molecule has 120 valence electrons. The van der Waals surface area contributed by atoms with Crippen LogP contribution in [0, 0.1) is 6.92 Å². The Morgan fingerprint density at radius 1 is 1.05 bits per heavy atom. The van der Waals surface area contributed by atoms with Gasteiger partial charge in [0.15, 0.2) is 11.3 Å². The van der Waals surface area contributed by atoms with Crippen molar-refractivity contribution in [1.29, 1.82) is 0 Å². The first-order valence-electron chi connectivity index (χ1n) is 5.54. The molecule has 0 unspecified atom stereocenters. The van der Waals surface area contributed by atoms with Gasteiger partial charge in [0.2, 0.25) is 5.75 Å². The summed E-state index contributed by atoms with van der Waals surface area (Å²) in [5, 5.41) is 0.251. The van der Waals surface area contributed by atoms with E-state index in [1.807, 2.05) is 0 Å². The first-order chi connectivity index (χ1) is 9.96. The smallest absolute Gasteiger partial charge is 0.419 e. The minimum atomic E-state index is -5.11. The number of rotatable bonds is 4. The van der Waals surface area contributed by atoms with E-state index in [2.05, 4.69) is 9.05 Å². The first-order valence-corrected chi connectivity index (χ1v) is 8.60. The highest BCUT2D eigenvalue weighted by Crippen LogP contribution is 2.49. The molecular formula is C10H10O10P2. The highest BCUT2D eigenvalue weighted by molar-refractivity contribution is 7.47. The number of fused-ring (bicyclic) bond motifs is 1. The van der Waals surface area contributed by atoms with Crippen LogP contribution in [-0.2, 0) is 9.13 Å². The molecule has 0 amide bonds. The Bertz CT molecular complexity index is 873. The normalized spacial score (nSPS) is 12.4. The highest BCUT2D eigenvalue weighted by atomic mass is 31.2. The molecule has 0 radical (unpaired) electrons.